The van der Waals surface area contributed by atoms with Crippen molar-refractivity contribution in [3.8, 4) is 0 Å². The van der Waals surface area contributed by atoms with Gasteiger partial charge in [-0.05, 0) is 51.7 Å². The van der Waals surface area contributed by atoms with E-state index in [1.165, 1.54) is 0 Å². The van der Waals surface area contributed by atoms with E-state index in [4.69, 9.17) is 14.0 Å². The maximum Gasteiger partial charge on any atom is 0.408 e. The highest BCUT2D eigenvalue weighted by atomic mass is 31.2. The molecular weight excluding hydrogens is 453 g/mol. The molecule has 34 heavy (non-hydrogen) atoms. The van der Waals surface area contributed by atoms with Crippen molar-refractivity contribution in [2.24, 2.45) is 0 Å². The molecule has 1 amide bonds. The highest BCUT2D eigenvalue weighted by molar-refractivity contribution is 7.59. The smallest absolute Gasteiger partial charge is 0.408 e. The van der Waals surface area contributed by atoms with E-state index in [1.54, 1.807) is 27.7 Å². The van der Waals surface area contributed by atoms with Gasteiger partial charge in [-0.3, -0.25) is 9.36 Å². The lowest BCUT2D eigenvalue weighted by atomic mass is 10.2. The average Bonchev–Trinajstić information content (AvgIpc) is 2.79. The minimum absolute atomic E-state index is 0.00166. The van der Waals surface area contributed by atoms with Crippen LogP contribution < -0.4 is 5.32 Å². The molecule has 0 aliphatic heterocycles. The number of esters is 1. The molecule has 0 bridgehead atoms. The van der Waals surface area contributed by atoms with Gasteiger partial charge in [0, 0.05) is 12.6 Å². The van der Waals surface area contributed by atoms with Crippen molar-refractivity contribution in [1.82, 2.24) is 5.32 Å². The Morgan fingerprint density at radius 3 is 2.12 bits per heavy atom. The van der Waals surface area contributed by atoms with Gasteiger partial charge in [-0.15, -0.1) is 0 Å². The van der Waals surface area contributed by atoms with Crippen molar-refractivity contribution < 1.29 is 28.2 Å². The van der Waals surface area contributed by atoms with Gasteiger partial charge < -0.3 is 19.3 Å². The van der Waals surface area contributed by atoms with Crippen LogP contribution in [0.25, 0.3) is 0 Å². The van der Waals surface area contributed by atoms with E-state index in [-0.39, 0.29) is 32.2 Å². The molecule has 7 nitrogen and oxygen atoms in total. The van der Waals surface area contributed by atoms with Crippen LogP contribution in [0.2, 0.25) is 0 Å². The Hall–Kier alpha value is -2.63. The zero-order valence-electron chi connectivity index (χ0n) is 20.5. The van der Waals surface area contributed by atoms with Gasteiger partial charge in [0.2, 0.25) is 7.37 Å². The number of amides is 1. The second kappa shape index (κ2) is 13.3. The molecule has 0 aliphatic rings. The van der Waals surface area contributed by atoms with Crippen LogP contribution in [-0.2, 0) is 36.4 Å². The number of rotatable bonds is 12. The zero-order chi connectivity index (χ0) is 25.0. The van der Waals surface area contributed by atoms with Gasteiger partial charge in [0.15, 0.2) is 0 Å². The number of alkyl carbamates (subject to hydrolysis) is 1. The lowest BCUT2D eigenvalue weighted by Crippen LogP contribution is -2.40. The summed E-state index contributed by atoms with van der Waals surface area (Å²) in [5.74, 6) is -1.32. The minimum atomic E-state index is -3.47. The zero-order valence-corrected chi connectivity index (χ0v) is 21.4. The molecule has 0 aromatic heterocycles. The first-order chi connectivity index (χ1) is 16.1. The molecule has 0 aliphatic carbocycles. The van der Waals surface area contributed by atoms with E-state index in [9.17, 15) is 14.2 Å². The van der Waals surface area contributed by atoms with Crippen molar-refractivity contribution in [2.75, 3.05) is 12.8 Å². The maximum atomic E-state index is 14.3. The summed E-state index contributed by atoms with van der Waals surface area (Å²) in [5.41, 5.74) is 1.14. The lowest BCUT2D eigenvalue weighted by molar-refractivity contribution is -0.143. The molecule has 2 rings (SSSR count). The van der Waals surface area contributed by atoms with Gasteiger partial charge in [-0.1, -0.05) is 60.7 Å². The maximum absolute atomic E-state index is 14.3. The van der Waals surface area contributed by atoms with Gasteiger partial charge in [0.05, 0.1) is 13.2 Å². The SMILES string of the molecule is CCOC(=O)CCC(NC(=O)OC(C)(C)C)P(=O)(CCc1ccccc1)OCc1ccccc1. The van der Waals surface area contributed by atoms with Crippen LogP contribution in [0.3, 0.4) is 0 Å². The number of benzene rings is 2. The summed E-state index contributed by atoms with van der Waals surface area (Å²) in [6.07, 6.45) is 0.105. The Morgan fingerprint density at radius 1 is 0.971 bits per heavy atom. The number of nitrogens with one attached hydrogen (secondary N) is 1. The Bertz CT molecular complexity index is 895. The predicted molar refractivity (Wildman–Crippen MR) is 133 cm³/mol. The van der Waals surface area contributed by atoms with Crippen molar-refractivity contribution in [2.45, 2.75) is 64.9 Å². The Morgan fingerprint density at radius 2 is 1.56 bits per heavy atom. The Labute approximate surface area is 202 Å². The molecule has 2 unspecified atom stereocenters. The van der Waals surface area contributed by atoms with E-state index in [2.05, 4.69) is 5.32 Å². The summed E-state index contributed by atoms with van der Waals surface area (Å²) in [7, 11) is -3.47. The third-order valence-electron chi connectivity index (χ3n) is 4.93. The molecule has 0 radical (unpaired) electrons. The molecule has 2 aromatic rings. The van der Waals surface area contributed by atoms with Crippen LogP contribution in [0.1, 0.15) is 51.7 Å². The topological polar surface area (TPSA) is 90.9 Å². The number of carbonyl (C=O) groups excluding carboxylic acids is 2. The molecule has 0 heterocycles. The van der Waals surface area contributed by atoms with Crippen LogP contribution in [-0.4, -0.2) is 36.2 Å². The van der Waals surface area contributed by atoms with Gasteiger partial charge in [-0.25, -0.2) is 4.79 Å². The molecule has 186 valence electrons. The summed E-state index contributed by atoms with van der Waals surface area (Å²) < 4.78 is 30.8. The summed E-state index contributed by atoms with van der Waals surface area (Å²) in [4.78, 5) is 24.7. The molecule has 2 aromatic carbocycles. The summed E-state index contributed by atoms with van der Waals surface area (Å²) in [6.45, 7) is 7.35. The number of hydrogen-bond acceptors (Lipinski definition) is 6. The third kappa shape index (κ3) is 10.1. The molecule has 8 heteroatoms. The van der Waals surface area contributed by atoms with Crippen molar-refractivity contribution in [1.29, 1.82) is 0 Å². The molecule has 0 spiro atoms. The first kappa shape index (κ1) is 27.6. The number of hydrogen-bond donors (Lipinski definition) is 1. The first-order valence-corrected chi connectivity index (χ1v) is 13.5. The minimum Gasteiger partial charge on any atom is -0.466 e. The van der Waals surface area contributed by atoms with E-state index in [0.29, 0.717) is 6.42 Å². The number of carbonyl (C=O) groups is 2. The highest BCUT2D eigenvalue weighted by Gasteiger charge is 2.37. The largest absolute Gasteiger partial charge is 0.466 e. The molecule has 0 fully saturated rings. The normalized spacial score (nSPS) is 14.0. The monoisotopic (exact) mass is 489 g/mol. The van der Waals surface area contributed by atoms with Gasteiger partial charge >= 0.3 is 12.1 Å². The third-order valence-corrected chi connectivity index (χ3v) is 7.68. The lowest BCUT2D eigenvalue weighted by Gasteiger charge is -2.30. The van der Waals surface area contributed by atoms with Crippen LogP contribution in [0.5, 0.6) is 0 Å². The second-order valence-electron chi connectivity index (χ2n) is 8.95. The van der Waals surface area contributed by atoms with Crippen molar-refractivity contribution in [3.63, 3.8) is 0 Å². The predicted octanol–water partition coefficient (Wildman–Crippen LogP) is 5.92. The Kier molecular flexibility index (Phi) is 10.8. The fourth-order valence-electron chi connectivity index (χ4n) is 3.30. The summed E-state index contributed by atoms with van der Waals surface area (Å²) in [6, 6.07) is 19.1. The molecule has 0 saturated heterocycles. The van der Waals surface area contributed by atoms with Crippen LogP contribution in [0.4, 0.5) is 4.79 Å². The fraction of sp³-hybridized carbons (Fsp3) is 0.462. The van der Waals surface area contributed by atoms with Crippen LogP contribution in [0.15, 0.2) is 60.7 Å². The number of ether oxygens (including phenoxy) is 2. The average molecular weight is 490 g/mol. The summed E-state index contributed by atoms with van der Waals surface area (Å²) >= 11 is 0. The molecular formula is C26H36NO6P. The van der Waals surface area contributed by atoms with Crippen LogP contribution >= 0.6 is 7.37 Å². The standard InChI is InChI=1S/C26H36NO6P/c1-5-31-24(28)17-16-23(27-25(29)33-26(2,3)4)34(30,19-18-21-12-8-6-9-13-21)32-20-22-14-10-7-11-15-22/h6-15,23H,5,16-20H2,1-4H3,(H,27,29). The van der Waals surface area contributed by atoms with E-state index < -0.39 is 30.8 Å². The van der Waals surface area contributed by atoms with Crippen LogP contribution in [0, 0.1) is 0 Å². The second-order valence-corrected chi connectivity index (χ2v) is 11.7. The van der Waals surface area contributed by atoms with E-state index in [1.807, 2.05) is 60.7 Å². The first-order valence-electron chi connectivity index (χ1n) is 11.6. The molecule has 2 atom stereocenters. The van der Waals surface area contributed by atoms with Crippen molar-refractivity contribution in [3.05, 3.63) is 71.8 Å². The highest BCUT2D eigenvalue weighted by Crippen LogP contribution is 2.53. The van der Waals surface area contributed by atoms with Gasteiger partial charge in [-0.2, -0.15) is 0 Å². The van der Waals surface area contributed by atoms with E-state index >= 15 is 0 Å². The number of aryl methyl sites for hydroxylation is 1. The van der Waals surface area contributed by atoms with Gasteiger partial charge in [0.1, 0.15) is 11.4 Å². The Balaban J connectivity index is 2.27. The van der Waals surface area contributed by atoms with Gasteiger partial charge in [0.25, 0.3) is 0 Å². The molecule has 1 N–H and O–H groups in total. The van der Waals surface area contributed by atoms with E-state index in [0.717, 1.165) is 11.1 Å². The fourth-order valence-corrected chi connectivity index (χ4v) is 5.68. The van der Waals surface area contributed by atoms with Crippen molar-refractivity contribution >= 4 is 19.4 Å². The molecule has 0 saturated carbocycles. The summed E-state index contributed by atoms with van der Waals surface area (Å²) in [5, 5.41) is 2.73. The quantitative estimate of drug-likeness (QED) is 0.294.